The van der Waals surface area contributed by atoms with Crippen LogP contribution >= 0.6 is 11.6 Å². The van der Waals surface area contributed by atoms with Crippen molar-refractivity contribution in [2.24, 2.45) is 0 Å². The molecule has 2 aliphatic heterocycles. The van der Waals surface area contributed by atoms with Crippen molar-refractivity contribution < 1.29 is 9.53 Å². The zero-order valence-corrected chi connectivity index (χ0v) is 19.6. The first-order valence-corrected chi connectivity index (χ1v) is 11.7. The van der Waals surface area contributed by atoms with Crippen LogP contribution in [-0.4, -0.2) is 37.8 Å². The number of amides is 2. The van der Waals surface area contributed by atoms with E-state index in [0.717, 1.165) is 35.5 Å². The molecule has 5 rings (SSSR count). The molecule has 172 valence electrons. The van der Waals surface area contributed by atoms with Gasteiger partial charge in [-0.1, -0.05) is 41.9 Å². The minimum atomic E-state index is -0.352. The van der Waals surface area contributed by atoms with E-state index in [-0.39, 0.29) is 23.7 Å². The Balaban J connectivity index is 1.34. The van der Waals surface area contributed by atoms with Crippen LogP contribution in [0.5, 0.6) is 5.75 Å². The number of hydrogen-bond acceptors (Lipinski definition) is 4. The molecule has 7 nitrogen and oxygen atoms in total. The van der Waals surface area contributed by atoms with Gasteiger partial charge in [0.15, 0.2) is 0 Å². The van der Waals surface area contributed by atoms with E-state index < -0.39 is 0 Å². The smallest absolute Gasteiger partial charge is 0.318 e. The van der Waals surface area contributed by atoms with Crippen LogP contribution in [0.1, 0.15) is 62.1 Å². The van der Waals surface area contributed by atoms with Crippen LogP contribution in [0.2, 0.25) is 5.02 Å². The summed E-state index contributed by atoms with van der Waals surface area (Å²) >= 11 is 6.02. The van der Waals surface area contributed by atoms with Gasteiger partial charge in [-0.05, 0) is 50.5 Å². The lowest BCUT2D eigenvalue weighted by molar-refractivity contribution is 0.0662. The number of nitrogens with one attached hydrogen (secondary N) is 1. The van der Waals surface area contributed by atoms with Gasteiger partial charge in [-0.3, -0.25) is 0 Å². The number of hydrogen-bond donors (Lipinski definition) is 1. The lowest BCUT2D eigenvalue weighted by atomic mass is 9.90. The highest BCUT2D eigenvalue weighted by Gasteiger charge is 2.38. The summed E-state index contributed by atoms with van der Waals surface area (Å²) in [5.74, 6) is 1.64. The maximum Gasteiger partial charge on any atom is 0.318 e. The molecule has 2 amide bonds. The quantitative estimate of drug-likeness (QED) is 0.579. The van der Waals surface area contributed by atoms with Gasteiger partial charge >= 0.3 is 6.03 Å². The van der Waals surface area contributed by atoms with E-state index >= 15 is 0 Å². The van der Waals surface area contributed by atoms with Crippen molar-refractivity contribution in [3.05, 3.63) is 76.8 Å². The minimum absolute atomic E-state index is 0.0731. The Kier molecular flexibility index (Phi) is 5.74. The molecule has 1 unspecified atom stereocenters. The van der Waals surface area contributed by atoms with Gasteiger partial charge < -0.3 is 15.0 Å². The number of urea groups is 1. The Labute approximate surface area is 198 Å². The van der Waals surface area contributed by atoms with Crippen LogP contribution in [-0.2, 0) is 6.54 Å². The Morgan fingerprint density at radius 2 is 2.00 bits per heavy atom. The number of ether oxygens (including phenoxy) is 1. The summed E-state index contributed by atoms with van der Waals surface area (Å²) < 4.78 is 8.00. The highest BCUT2D eigenvalue weighted by molar-refractivity contribution is 6.30. The molecule has 1 N–H and O–H groups in total. The molecule has 0 bridgehead atoms. The van der Waals surface area contributed by atoms with Gasteiger partial charge in [0.25, 0.3) is 0 Å². The highest BCUT2D eigenvalue weighted by atomic mass is 35.5. The molecule has 3 heterocycles. The minimum Gasteiger partial charge on any atom is -0.487 e. The van der Waals surface area contributed by atoms with Crippen LogP contribution in [0.3, 0.4) is 0 Å². The molecule has 2 aliphatic rings. The fourth-order valence-electron chi connectivity index (χ4n) is 4.86. The summed E-state index contributed by atoms with van der Waals surface area (Å²) in [7, 11) is 0. The molecule has 33 heavy (non-hydrogen) atoms. The van der Waals surface area contributed by atoms with Crippen molar-refractivity contribution in [3.63, 3.8) is 0 Å². The Morgan fingerprint density at radius 3 is 2.82 bits per heavy atom. The number of rotatable bonds is 4. The largest absolute Gasteiger partial charge is 0.487 e. The molecule has 1 fully saturated rings. The first-order valence-electron chi connectivity index (χ1n) is 11.4. The molecular weight excluding hydrogens is 438 g/mol. The van der Waals surface area contributed by atoms with Gasteiger partial charge in [0, 0.05) is 23.6 Å². The average Bonchev–Trinajstić information content (AvgIpc) is 3.43. The second kappa shape index (κ2) is 8.71. The van der Waals surface area contributed by atoms with E-state index in [1.807, 2.05) is 58.1 Å². The summed E-state index contributed by atoms with van der Waals surface area (Å²) in [5, 5.41) is 8.41. The molecule has 2 aromatic carbocycles. The van der Waals surface area contributed by atoms with Crippen molar-refractivity contribution in [1.82, 2.24) is 25.0 Å². The molecule has 0 spiro atoms. The van der Waals surface area contributed by atoms with Crippen molar-refractivity contribution in [3.8, 4) is 5.75 Å². The van der Waals surface area contributed by atoms with Crippen molar-refractivity contribution in [1.29, 1.82) is 0 Å². The van der Waals surface area contributed by atoms with Gasteiger partial charge in [0.2, 0.25) is 0 Å². The fourth-order valence-corrected chi connectivity index (χ4v) is 4.98. The maximum atomic E-state index is 13.4. The molecule has 1 saturated heterocycles. The summed E-state index contributed by atoms with van der Waals surface area (Å²) in [6, 6.07) is 15.4. The van der Waals surface area contributed by atoms with E-state index in [4.69, 9.17) is 16.3 Å². The Morgan fingerprint density at radius 1 is 1.21 bits per heavy atom. The number of likely N-dealkylation sites (tertiary alicyclic amines) is 1. The molecular formula is C25H28ClN5O2. The van der Waals surface area contributed by atoms with E-state index in [9.17, 15) is 4.79 Å². The van der Waals surface area contributed by atoms with E-state index in [1.54, 1.807) is 6.33 Å². The third-order valence-corrected chi connectivity index (χ3v) is 6.63. The summed E-state index contributed by atoms with van der Waals surface area (Å²) in [5.41, 5.74) is 1.75. The van der Waals surface area contributed by atoms with E-state index in [2.05, 4.69) is 29.2 Å². The predicted molar refractivity (Wildman–Crippen MR) is 126 cm³/mol. The molecule has 3 aromatic rings. The van der Waals surface area contributed by atoms with Gasteiger partial charge in [0.05, 0.1) is 18.6 Å². The first kappa shape index (κ1) is 21.8. The number of nitrogens with zero attached hydrogens (tertiary/aromatic N) is 4. The van der Waals surface area contributed by atoms with E-state index in [1.165, 1.54) is 0 Å². The summed E-state index contributed by atoms with van der Waals surface area (Å²) in [6.45, 7) is 5.39. The second-order valence-electron chi connectivity index (χ2n) is 9.36. The van der Waals surface area contributed by atoms with Crippen LogP contribution < -0.4 is 10.1 Å². The van der Waals surface area contributed by atoms with Crippen molar-refractivity contribution >= 4 is 17.6 Å². The van der Waals surface area contributed by atoms with E-state index in [0.29, 0.717) is 24.5 Å². The van der Waals surface area contributed by atoms with Crippen LogP contribution in [0.15, 0.2) is 54.9 Å². The Bertz CT molecular complexity index is 1140. The van der Waals surface area contributed by atoms with Crippen LogP contribution in [0.4, 0.5) is 4.79 Å². The number of benzene rings is 2. The zero-order chi connectivity index (χ0) is 23.0. The second-order valence-corrected chi connectivity index (χ2v) is 9.80. The first-order chi connectivity index (χ1) is 15.9. The average molecular weight is 466 g/mol. The van der Waals surface area contributed by atoms with Crippen LogP contribution in [0, 0.1) is 0 Å². The number of para-hydroxylation sites is 1. The number of fused-ring (bicyclic) bond motifs is 1. The zero-order valence-electron chi connectivity index (χ0n) is 18.9. The number of carbonyl (C=O) groups excluding carboxylic acids is 1. The molecule has 8 heteroatoms. The number of carbonyl (C=O) groups is 1. The van der Waals surface area contributed by atoms with Crippen LogP contribution in [0.25, 0.3) is 0 Å². The standard InChI is InChI=1S/C25H28ClN5O2/c1-25(2)14-20(19-6-3-4-8-22(19)33-25)29-24(32)30-13-5-7-21(30)23-27-16-28-31(23)15-17-9-11-18(26)12-10-17/h3-4,6,8-12,16,20-21H,5,7,13-15H2,1-2H3,(H,29,32)/t20?,21-/m1/s1. The van der Waals surface area contributed by atoms with Crippen molar-refractivity contribution in [2.45, 2.75) is 57.3 Å². The third-order valence-electron chi connectivity index (χ3n) is 6.38. The van der Waals surface area contributed by atoms with Gasteiger partial charge in [0.1, 0.15) is 23.5 Å². The maximum absolute atomic E-state index is 13.4. The molecule has 0 saturated carbocycles. The molecule has 0 aliphatic carbocycles. The lowest BCUT2D eigenvalue weighted by Gasteiger charge is -2.38. The highest BCUT2D eigenvalue weighted by Crippen LogP contribution is 2.40. The normalized spacial score (nSPS) is 21.4. The summed E-state index contributed by atoms with van der Waals surface area (Å²) in [4.78, 5) is 19.9. The Hall–Kier alpha value is -3.06. The number of halogens is 1. The lowest BCUT2D eigenvalue weighted by Crippen LogP contribution is -2.46. The fraction of sp³-hybridized carbons (Fsp3) is 0.400. The van der Waals surface area contributed by atoms with Crippen molar-refractivity contribution in [2.75, 3.05) is 6.54 Å². The molecule has 2 atom stereocenters. The SMILES string of the molecule is CC1(C)CC(NC(=O)N2CCC[C@@H]2c2ncnn2Cc2ccc(Cl)cc2)c2ccccc2O1. The summed E-state index contributed by atoms with van der Waals surface area (Å²) in [6.07, 6.45) is 4.07. The molecule has 1 aromatic heterocycles. The van der Waals surface area contributed by atoms with Gasteiger partial charge in [-0.25, -0.2) is 14.5 Å². The van der Waals surface area contributed by atoms with Gasteiger partial charge in [-0.2, -0.15) is 5.10 Å². The third kappa shape index (κ3) is 4.55. The van der Waals surface area contributed by atoms with Gasteiger partial charge in [-0.15, -0.1) is 0 Å². The molecule has 0 radical (unpaired) electrons. The predicted octanol–water partition coefficient (Wildman–Crippen LogP) is 5.13. The number of aromatic nitrogens is 3. The monoisotopic (exact) mass is 465 g/mol. The topological polar surface area (TPSA) is 72.3 Å².